The van der Waals surface area contributed by atoms with Gasteiger partial charge in [-0.25, -0.2) is 0 Å². The van der Waals surface area contributed by atoms with E-state index in [1.807, 2.05) is 0 Å². The molecule has 0 unspecified atom stereocenters. The van der Waals surface area contributed by atoms with Crippen LogP contribution in [0, 0.1) is 0 Å². The van der Waals surface area contributed by atoms with Crippen molar-refractivity contribution in [3.63, 3.8) is 0 Å². The molecule has 0 atom stereocenters. The molecule has 0 bridgehead atoms. The molecule has 1 aliphatic rings. The van der Waals surface area contributed by atoms with Crippen molar-refractivity contribution in [3.05, 3.63) is 24.3 Å². The zero-order valence-corrected chi connectivity index (χ0v) is 9.50. The zero-order valence-electron chi connectivity index (χ0n) is 9.50. The second kappa shape index (κ2) is 5.06. The van der Waals surface area contributed by atoms with Gasteiger partial charge in [-0.15, -0.1) is 0 Å². The van der Waals surface area contributed by atoms with Gasteiger partial charge in [-0.1, -0.05) is 31.9 Å². The SMILES string of the molecule is CCCCCN1CCNc2ccccc21. The van der Waals surface area contributed by atoms with E-state index in [0.29, 0.717) is 0 Å². The van der Waals surface area contributed by atoms with Gasteiger partial charge in [0.15, 0.2) is 0 Å². The molecule has 1 aliphatic heterocycles. The standard InChI is InChI=1S/C13H20N2/c1-2-3-6-10-15-11-9-14-12-7-4-5-8-13(12)15/h4-5,7-8,14H,2-3,6,9-11H2,1H3. The number of nitrogens with zero attached hydrogens (tertiary/aromatic N) is 1. The van der Waals surface area contributed by atoms with Gasteiger partial charge in [0.05, 0.1) is 11.4 Å². The van der Waals surface area contributed by atoms with Crippen LogP contribution in [-0.4, -0.2) is 19.6 Å². The van der Waals surface area contributed by atoms with E-state index in [1.165, 1.54) is 37.2 Å². The lowest BCUT2D eigenvalue weighted by Crippen LogP contribution is -2.34. The van der Waals surface area contributed by atoms with Crippen LogP contribution in [0.5, 0.6) is 0 Å². The quantitative estimate of drug-likeness (QED) is 0.758. The van der Waals surface area contributed by atoms with Crippen molar-refractivity contribution in [3.8, 4) is 0 Å². The monoisotopic (exact) mass is 204 g/mol. The van der Waals surface area contributed by atoms with Crippen LogP contribution in [0.15, 0.2) is 24.3 Å². The van der Waals surface area contributed by atoms with Crippen LogP contribution in [-0.2, 0) is 0 Å². The predicted octanol–water partition coefficient (Wildman–Crippen LogP) is 3.11. The van der Waals surface area contributed by atoms with Crippen LogP contribution in [0.25, 0.3) is 0 Å². The summed E-state index contributed by atoms with van der Waals surface area (Å²) < 4.78 is 0. The van der Waals surface area contributed by atoms with Gasteiger partial charge in [0.2, 0.25) is 0 Å². The minimum absolute atomic E-state index is 1.07. The first-order chi connectivity index (χ1) is 7.42. The van der Waals surface area contributed by atoms with Crippen LogP contribution >= 0.6 is 0 Å². The highest BCUT2D eigenvalue weighted by atomic mass is 15.2. The molecular weight excluding hydrogens is 184 g/mol. The van der Waals surface area contributed by atoms with Crippen molar-refractivity contribution in [1.29, 1.82) is 0 Å². The summed E-state index contributed by atoms with van der Waals surface area (Å²) in [7, 11) is 0. The highest BCUT2D eigenvalue weighted by Crippen LogP contribution is 2.28. The van der Waals surface area contributed by atoms with Gasteiger partial charge in [0.25, 0.3) is 0 Å². The molecule has 0 aromatic heterocycles. The molecule has 1 heterocycles. The number of rotatable bonds is 4. The Hall–Kier alpha value is -1.18. The normalized spacial score (nSPS) is 14.6. The smallest absolute Gasteiger partial charge is 0.0602 e. The Morgan fingerprint density at radius 3 is 3.00 bits per heavy atom. The summed E-state index contributed by atoms with van der Waals surface area (Å²) in [6.07, 6.45) is 3.95. The van der Waals surface area contributed by atoms with Crippen LogP contribution < -0.4 is 10.2 Å². The molecule has 0 radical (unpaired) electrons. The molecule has 82 valence electrons. The topological polar surface area (TPSA) is 15.3 Å². The van der Waals surface area contributed by atoms with Gasteiger partial charge in [-0.05, 0) is 18.6 Å². The third-order valence-electron chi connectivity index (χ3n) is 2.97. The Balaban J connectivity index is 2.02. The average Bonchev–Trinajstić information content (AvgIpc) is 2.30. The third kappa shape index (κ3) is 2.44. The van der Waals surface area contributed by atoms with Gasteiger partial charge in [0.1, 0.15) is 0 Å². The first kappa shape index (κ1) is 10.3. The maximum Gasteiger partial charge on any atom is 0.0602 e. The van der Waals surface area contributed by atoms with E-state index >= 15 is 0 Å². The van der Waals surface area contributed by atoms with Crippen LogP contribution in [0.4, 0.5) is 11.4 Å². The molecule has 0 fully saturated rings. The Morgan fingerprint density at radius 1 is 1.27 bits per heavy atom. The van der Waals surface area contributed by atoms with Crippen molar-refractivity contribution in [2.24, 2.45) is 0 Å². The van der Waals surface area contributed by atoms with Gasteiger partial charge in [-0.2, -0.15) is 0 Å². The fourth-order valence-corrected chi connectivity index (χ4v) is 2.13. The summed E-state index contributed by atoms with van der Waals surface area (Å²) in [6.45, 7) is 5.67. The Bertz CT molecular complexity index is 309. The molecular formula is C13H20N2. The van der Waals surface area contributed by atoms with E-state index in [9.17, 15) is 0 Å². The van der Waals surface area contributed by atoms with Crippen molar-refractivity contribution in [2.45, 2.75) is 26.2 Å². The largest absolute Gasteiger partial charge is 0.382 e. The lowest BCUT2D eigenvalue weighted by molar-refractivity contribution is 0.674. The Morgan fingerprint density at radius 2 is 2.13 bits per heavy atom. The van der Waals surface area contributed by atoms with Crippen LogP contribution in [0.2, 0.25) is 0 Å². The van der Waals surface area contributed by atoms with Crippen molar-refractivity contribution >= 4 is 11.4 Å². The molecule has 15 heavy (non-hydrogen) atoms. The summed E-state index contributed by atoms with van der Waals surface area (Å²) >= 11 is 0. The molecule has 0 saturated heterocycles. The summed E-state index contributed by atoms with van der Waals surface area (Å²) in [5.41, 5.74) is 2.67. The first-order valence-electron chi connectivity index (χ1n) is 5.99. The fourth-order valence-electron chi connectivity index (χ4n) is 2.13. The summed E-state index contributed by atoms with van der Waals surface area (Å²) in [6, 6.07) is 8.61. The van der Waals surface area contributed by atoms with Gasteiger partial charge < -0.3 is 10.2 Å². The van der Waals surface area contributed by atoms with E-state index in [4.69, 9.17) is 0 Å². The number of fused-ring (bicyclic) bond motifs is 1. The first-order valence-corrected chi connectivity index (χ1v) is 5.99. The molecule has 0 aliphatic carbocycles. The maximum atomic E-state index is 3.44. The van der Waals surface area contributed by atoms with E-state index in [0.717, 1.165) is 13.1 Å². The molecule has 2 nitrogen and oxygen atoms in total. The summed E-state index contributed by atoms with van der Waals surface area (Å²) in [4.78, 5) is 2.50. The molecule has 0 amide bonds. The van der Waals surface area contributed by atoms with Crippen molar-refractivity contribution in [2.75, 3.05) is 29.9 Å². The van der Waals surface area contributed by atoms with Gasteiger partial charge in [0, 0.05) is 19.6 Å². The average molecular weight is 204 g/mol. The van der Waals surface area contributed by atoms with Crippen LogP contribution in [0.3, 0.4) is 0 Å². The number of unbranched alkanes of at least 4 members (excludes halogenated alkanes) is 2. The summed E-state index contributed by atoms with van der Waals surface area (Å²) in [5.74, 6) is 0. The number of hydrogen-bond donors (Lipinski definition) is 1. The van der Waals surface area contributed by atoms with E-state index in [1.54, 1.807) is 0 Å². The summed E-state index contributed by atoms with van der Waals surface area (Å²) in [5, 5.41) is 3.44. The second-order valence-corrected chi connectivity index (χ2v) is 4.14. The van der Waals surface area contributed by atoms with E-state index < -0.39 is 0 Å². The molecule has 0 spiro atoms. The number of para-hydroxylation sites is 2. The predicted molar refractivity (Wildman–Crippen MR) is 66.7 cm³/mol. The minimum Gasteiger partial charge on any atom is -0.382 e. The number of hydrogen-bond acceptors (Lipinski definition) is 2. The third-order valence-corrected chi connectivity index (χ3v) is 2.97. The number of nitrogens with one attached hydrogen (secondary N) is 1. The number of benzene rings is 1. The molecule has 1 N–H and O–H groups in total. The van der Waals surface area contributed by atoms with E-state index in [-0.39, 0.29) is 0 Å². The van der Waals surface area contributed by atoms with Crippen molar-refractivity contribution in [1.82, 2.24) is 0 Å². The molecule has 1 aromatic rings. The number of anilines is 2. The van der Waals surface area contributed by atoms with Crippen LogP contribution in [0.1, 0.15) is 26.2 Å². The lowest BCUT2D eigenvalue weighted by atomic mass is 10.1. The highest BCUT2D eigenvalue weighted by Gasteiger charge is 2.14. The zero-order chi connectivity index (χ0) is 10.5. The molecule has 2 heteroatoms. The van der Waals surface area contributed by atoms with E-state index in [2.05, 4.69) is 41.4 Å². The molecule has 0 saturated carbocycles. The van der Waals surface area contributed by atoms with Gasteiger partial charge >= 0.3 is 0 Å². The fraction of sp³-hybridized carbons (Fsp3) is 0.538. The minimum atomic E-state index is 1.07. The highest BCUT2D eigenvalue weighted by molar-refractivity contribution is 5.71. The Labute approximate surface area is 92.3 Å². The Kier molecular flexibility index (Phi) is 3.49. The molecule has 1 aromatic carbocycles. The van der Waals surface area contributed by atoms with Gasteiger partial charge in [-0.3, -0.25) is 0 Å². The van der Waals surface area contributed by atoms with Crippen molar-refractivity contribution < 1.29 is 0 Å². The lowest BCUT2D eigenvalue weighted by Gasteiger charge is -2.32. The maximum absolute atomic E-state index is 3.44. The molecule has 2 rings (SSSR count). The second-order valence-electron chi connectivity index (χ2n) is 4.14.